The number of hydrogen-bond donors (Lipinski definition) is 1. The van der Waals surface area contributed by atoms with Crippen LogP contribution >= 0.6 is 0 Å². The standard InChI is InChI=1S/C8H23NO2Si2/c1-10-12(3,4)7-9-8-13(5,6)11-2/h9H,7-8H2,1-6H3. The molecule has 0 atom stereocenters. The quantitative estimate of drug-likeness (QED) is 0.687. The maximum Gasteiger partial charge on any atom is 0.199 e. The van der Waals surface area contributed by atoms with Crippen LogP contribution in [0.1, 0.15) is 0 Å². The summed E-state index contributed by atoms with van der Waals surface area (Å²) in [6.07, 6.45) is 2.01. The minimum atomic E-state index is -1.43. The van der Waals surface area contributed by atoms with E-state index >= 15 is 0 Å². The molecule has 0 aliphatic carbocycles. The van der Waals surface area contributed by atoms with Gasteiger partial charge in [0.05, 0.1) is 0 Å². The second-order valence-corrected chi connectivity index (χ2v) is 13.1. The van der Waals surface area contributed by atoms with Crippen molar-refractivity contribution in [1.29, 1.82) is 0 Å². The Morgan fingerprint density at radius 1 is 0.846 bits per heavy atom. The predicted molar refractivity (Wildman–Crippen MR) is 61.9 cm³/mol. The van der Waals surface area contributed by atoms with Gasteiger partial charge in [-0.05, 0) is 26.2 Å². The first kappa shape index (κ1) is 13.3. The summed E-state index contributed by atoms with van der Waals surface area (Å²) in [6.45, 7) is 8.84. The molecule has 5 heteroatoms. The van der Waals surface area contributed by atoms with Gasteiger partial charge < -0.3 is 14.2 Å². The molecule has 1 N–H and O–H groups in total. The molecular weight excluding hydrogens is 198 g/mol. The summed E-state index contributed by atoms with van der Waals surface area (Å²) in [4.78, 5) is 0. The molecule has 0 fully saturated rings. The van der Waals surface area contributed by atoms with Crippen LogP contribution in [0.15, 0.2) is 0 Å². The van der Waals surface area contributed by atoms with Crippen molar-refractivity contribution in [3.05, 3.63) is 0 Å². The third kappa shape index (κ3) is 6.39. The molecule has 0 rings (SSSR count). The molecule has 0 radical (unpaired) electrons. The molecule has 0 aromatic heterocycles. The van der Waals surface area contributed by atoms with Crippen molar-refractivity contribution in [3.63, 3.8) is 0 Å². The summed E-state index contributed by atoms with van der Waals surface area (Å²) in [6, 6.07) is 0. The van der Waals surface area contributed by atoms with E-state index in [0.717, 1.165) is 12.3 Å². The number of nitrogens with one attached hydrogen (secondary N) is 1. The van der Waals surface area contributed by atoms with E-state index in [9.17, 15) is 0 Å². The Morgan fingerprint density at radius 2 is 1.15 bits per heavy atom. The molecule has 0 aromatic rings. The summed E-state index contributed by atoms with van der Waals surface area (Å²) in [5.74, 6) is 0. The Kier molecular flexibility index (Phi) is 5.38. The van der Waals surface area contributed by atoms with Crippen LogP contribution in [0.3, 0.4) is 0 Å². The Bertz CT molecular complexity index is 135. The van der Waals surface area contributed by atoms with Crippen molar-refractivity contribution in [3.8, 4) is 0 Å². The highest BCUT2D eigenvalue weighted by atomic mass is 28.4. The lowest BCUT2D eigenvalue weighted by atomic mass is 11.2. The molecular formula is C8H23NO2Si2. The van der Waals surface area contributed by atoms with Crippen LogP contribution < -0.4 is 5.32 Å². The Hall–Kier alpha value is 0.314. The lowest BCUT2D eigenvalue weighted by Crippen LogP contribution is -2.49. The molecule has 0 saturated heterocycles. The van der Waals surface area contributed by atoms with Crippen molar-refractivity contribution in [2.45, 2.75) is 26.2 Å². The normalized spacial score (nSPS) is 13.4. The fourth-order valence-corrected chi connectivity index (χ4v) is 2.80. The molecule has 0 unspecified atom stereocenters. The van der Waals surface area contributed by atoms with Gasteiger partial charge in [-0.3, -0.25) is 0 Å². The highest BCUT2D eigenvalue weighted by Gasteiger charge is 2.24. The zero-order valence-corrected chi connectivity index (χ0v) is 11.7. The highest BCUT2D eigenvalue weighted by Crippen LogP contribution is 2.02. The van der Waals surface area contributed by atoms with Crippen LogP contribution in [-0.4, -0.2) is 43.2 Å². The highest BCUT2D eigenvalue weighted by molar-refractivity contribution is 6.72. The molecule has 13 heavy (non-hydrogen) atoms. The van der Waals surface area contributed by atoms with Crippen molar-refractivity contribution >= 4 is 16.6 Å². The maximum absolute atomic E-state index is 5.44. The van der Waals surface area contributed by atoms with Crippen LogP contribution in [0.2, 0.25) is 26.2 Å². The average molecular weight is 221 g/mol. The summed E-state index contributed by atoms with van der Waals surface area (Å²) >= 11 is 0. The van der Waals surface area contributed by atoms with E-state index < -0.39 is 16.6 Å². The minimum absolute atomic E-state index is 1.00. The van der Waals surface area contributed by atoms with Crippen molar-refractivity contribution in [2.75, 3.05) is 26.6 Å². The Balaban J connectivity index is 3.68. The molecule has 0 amide bonds. The third-order valence-electron chi connectivity index (χ3n) is 2.21. The first-order valence-corrected chi connectivity index (χ1v) is 10.9. The monoisotopic (exact) mass is 221 g/mol. The van der Waals surface area contributed by atoms with E-state index in [2.05, 4.69) is 31.5 Å². The van der Waals surface area contributed by atoms with E-state index in [1.807, 2.05) is 0 Å². The molecule has 0 aliphatic rings. The first-order valence-electron chi connectivity index (χ1n) is 4.64. The SMILES string of the molecule is CO[Si](C)(C)CNC[Si](C)(C)OC. The van der Waals surface area contributed by atoms with Crippen molar-refractivity contribution in [2.24, 2.45) is 0 Å². The summed E-state index contributed by atoms with van der Waals surface area (Å²) in [5.41, 5.74) is 0. The molecule has 80 valence electrons. The molecule has 3 nitrogen and oxygen atoms in total. The molecule has 0 aromatic carbocycles. The van der Waals surface area contributed by atoms with Gasteiger partial charge in [0.15, 0.2) is 16.6 Å². The van der Waals surface area contributed by atoms with Gasteiger partial charge in [-0.15, -0.1) is 0 Å². The van der Waals surface area contributed by atoms with Gasteiger partial charge in [0.25, 0.3) is 0 Å². The van der Waals surface area contributed by atoms with Crippen LogP contribution in [0.4, 0.5) is 0 Å². The van der Waals surface area contributed by atoms with E-state index in [1.54, 1.807) is 14.2 Å². The first-order chi connectivity index (χ1) is 5.83. The van der Waals surface area contributed by atoms with E-state index in [-0.39, 0.29) is 0 Å². The van der Waals surface area contributed by atoms with Crippen molar-refractivity contribution in [1.82, 2.24) is 5.32 Å². The van der Waals surface area contributed by atoms with E-state index in [4.69, 9.17) is 8.85 Å². The van der Waals surface area contributed by atoms with Gasteiger partial charge in [0.2, 0.25) is 0 Å². The number of hydrogen-bond acceptors (Lipinski definition) is 3. The molecule has 0 saturated carbocycles. The van der Waals surface area contributed by atoms with Gasteiger partial charge in [0.1, 0.15) is 0 Å². The van der Waals surface area contributed by atoms with Crippen molar-refractivity contribution < 1.29 is 8.85 Å². The molecule has 0 bridgehead atoms. The molecule has 0 aliphatic heterocycles. The van der Waals surface area contributed by atoms with Gasteiger partial charge in [-0.2, -0.15) is 0 Å². The van der Waals surface area contributed by atoms with Crippen LogP contribution in [-0.2, 0) is 8.85 Å². The maximum atomic E-state index is 5.44. The lowest BCUT2D eigenvalue weighted by Gasteiger charge is -2.25. The van der Waals surface area contributed by atoms with Gasteiger partial charge in [0, 0.05) is 26.6 Å². The lowest BCUT2D eigenvalue weighted by molar-refractivity contribution is 0.391. The van der Waals surface area contributed by atoms with Gasteiger partial charge in [-0.25, -0.2) is 0 Å². The predicted octanol–water partition coefficient (Wildman–Crippen LogP) is 1.36. The fourth-order valence-electron chi connectivity index (χ4n) is 0.809. The smallest absolute Gasteiger partial charge is 0.199 e. The summed E-state index contributed by atoms with van der Waals surface area (Å²) in [7, 11) is 0.728. The second-order valence-electron chi connectivity index (χ2n) is 4.53. The van der Waals surface area contributed by atoms with Crippen LogP contribution in [0.5, 0.6) is 0 Å². The van der Waals surface area contributed by atoms with Crippen LogP contribution in [0.25, 0.3) is 0 Å². The number of rotatable bonds is 6. The van der Waals surface area contributed by atoms with Gasteiger partial charge >= 0.3 is 0 Å². The van der Waals surface area contributed by atoms with E-state index in [0.29, 0.717) is 0 Å². The molecule has 0 heterocycles. The summed E-state index contributed by atoms with van der Waals surface area (Å²) < 4.78 is 10.9. The fraction of sp³-hybridized carbons (Fsp3) is 1.00. The van der Waals surface area contributed by atoms with Crippen LogP contribution in [0, 0.1) is 0 Å². The third-order valence-corrected chi connectivity index (χ3v) is 6.62. The Labute approximate surface area is 84.1 Å². The average Bonchev–Trinajstić information content (AvgIpc) is 2.04. The van der Waals surface area contributed by atoms with E-state index in [1.165, 1.54) is 0 Å². The largest absolute Gasteiger partial charge is 0.419 e. The zero-order chi connectivity index (χ0) is 10.5. The molecule has 0 spiro atoms. The summed E-state index contributed by atoms with van der Waals surface area (Å²) in [5, 5.41) is 3.44. The minimum Gasteiger partial charge on any atom is -0.419 e. The van der Waals surface area contributed by atoms with Gasteiger partial charge in [-0.1, -0.05) is 0 Å². The zero-order valence-electron chi connectivity index (χ0n) is 9.73. The topological polar surface area (TPSA) is 30.5 Å². The Morgan fingerprint density at radius 3 is 1.38 bits per heavy atom. The second kappa shape index (κ2) is 5.26.